The molecule has 0 unspecified atom stereocenters. The van der Waals surface area contributed by atoms with Crippen molar-refractivity contribution in [1.29, 1.82) is 0 Å². The third kappa shape index (κ3) is 5.89. The summed E-state index contributed by atoms with van der Waals surface area (Å²) in [5, 5.41) is 15.8. The highest BCUT2D eigenvalue weighted by Gasteiger charge is 2.28. The normalized spacial score (nSPS) is 15.2. The summed E-state index contributed by atoms with van der Waals surface area (Å²) < 4.78 is 32.6. The van der Waals surface area contributed by atoms with Crippen molar-refractivity contribution < 1.29 is 23.1 Å². The number of sulfonamides is 1. The van der Waals surface area contributed by atoms with Crippen molar-refractivity contribution in [3.05, 3.63) is 53.1 Å². The molecule has 0 amide bonds. The number of hydrogen-bond donors (Lipinski definition) is 3. The second-order valence-electron chi connectivity index (χ2n) is 7.28. The quantitative estimate of drug-likeness (QED) is 0.474. The number of thiocarbonyl (C=S) groups is 1. The molecule has 32 heavy (non-hydrogen) atoms. The zero-order valence-corrected chi connectivity index (χ0v) is 19.8. The Morgan fingerprint density at radius 1 is 1.25 bits per heavy atom. The fourth-order valence-electron chi connectivity index (χ4n) is 3.49. The molecule has 0 bridgehead atoms. The van der Waals surface area contributed by atoms with Gasteiger partial charge in [0.15, 0.2) is 5.11 Å². The lowest BCUT2D eigenvalue weighted by Gasteiger charge is -2.22. The number of carbonyl (C=O) groups is 1. The van der Waals surface area contributed by atoms with Gasteiger partial charge in [-0.15, -0.1) is 0 Å². The molecule has 1 heterocycles. The van der Waals surface area contributed by atoms with Crippen LogP contribution < -0.4 is 15.4 Å². The van der Waals surface area contributed by atoms with Crippen molar-refractivity contribution in [2.24, 2.45) is 0 Å². The van der Waals surface area contributed by atoms with Gasteiger partial charge in [0.2, 0.25) is 10.0 Å². The maximum atomic E-state index is 12.9. The summed E-state index contributed by atoms with van der Waals surface area (Å²) in [7, 11) is -2.16. The van der Waals surface area contributed by atoms with Gasteiger partial charge >= 0.3 is 5.97 Å². The number of rotatable bonds is 8. The molecule has 0 aromatic heterocycles. The van der Waals surface area contributed by atoms with Gasteiger partial charge in [0.25, 0.3) is 0 Å². The highest BCUT2D eigenvalue weighted by atomic mass is 35.5. The molecule has 8 nitrogen and oxygen atoms in total. The Labute approximate surface area is 197 Å². The number of carboxylic acid groups (broad SMARTS) is 1. The molecule has 0 aliphatic carbocycles. The van der Waals surface area contributed by atoms with E-state index in [0.29, 0.717) is 35.1 Å². The number of aliphatic carboxylic acids is 1. The van der Waals surface area contributed by atoms with Crippen LogP contribution in [0, 0.1) is 0 Å². The zero-order valence-electron chi connectivity index (χ0n) is 17.4. The number of nitrogens with one attached hydrogen (secondary N) is 2. The largest absolute Gasteiger partial charge is 0.495 e. The Morgan fingerprint density at radius 2 is 1.97 bits per heavy atom. The lowest BCUT2D eigenvalue weighted by atomic mass is 10.0. The maximum Gasteiger partial charge on any atom is 0.305 e. The Morgan fingerprint density at radius 3 is 2.59 bits per heavy atom. The molecule has 1 fully saturated rings. The number of benzene rings is 2. The Kier molecular flexibility index (Phi) is 7.94. The molecular weight excluding hydrogens is 474 g/mol. The number of ether oxygens (including phenoxy) is 1. The van der Waals surface area contributed by atoms with E-state index in [1.807, 2.05) is 0 Å². The molecule has 1 aliphatic rings. The molecule has 11 heteroatoms. The summed E-state index contributed by atoms with van der Waals surface area (Å²) in [5.74, 6) is -0.617. The first kappa shape index (κ1) is 24.2. The smallest absolute Gasteiger partial charge is 0.305 e. The van der Waals surface area contributed by atoms with Crippen molar-refractivity contribution >= 4 is 50.6 Å². The van der Waals surface area contributed by atoms with E-state index in [0.717, 1.165) is 12.8 Å². The first-order valence-electron chi connectivity index (χ1n) is 9.93. The molecule has 0 saturated carbocycles. The first-order valence-corrected chi connectivity index (χ1v) is 12.2. The molecule has 1 saturated heterocycles. The molecule has 0 spiro atoms. The number of nitrogens with zero attached hydrogens (tertiary/aromatic N) is 1. The topological polar surface area (TPSA) is 108 Å². The molecule has 3 N–H and O–H groups in total. The van der Waals surface area contributed by atoms with Gasteiger partial charge in [-0.3, -0.25) is 4.79 Å². The van der Waals surface area contributed by atoms with Gasteiger partial charge in [0, 0.05) is 18.1 Å². The van der Waals surface area contributed by atoms with E-state index in [1.165, 1.54) is 23.5 Å². The van der Waals surface area contributed by atoms with Crippen LogP contribution in [-0.2, 0) is 14.8 Å². The fraction of sp³-hybridized carbons (Fsp3) is 0.333. The van der Waals surface area contributed by atoms with Crippen LogP contribution in [0.4, 0.5) is 5.69 Å². The van der Waals surface area contributed by atoms with Crippen LogP contribution in [-0.4, -0.2) is 49.1 Å². The summed E-state index contributed by atoms with van der Waals surface area (Å²) >= 11 is 11.4. The van der Waals surface area contributed by atoms with E-state index >= 15 is 0 Å². The molecular formula is C21H24ClN3O5S2. The van der Waals surface area contributed by atoms with Gasteiger partial charge in [-0.1, -0.05) is 23.7 Å². The predicted molar refractivity (Wildman–Crippen MR) is 127 cm³/mol. The minimum atomic E-state index is -3.63. The summed E-state index contributed by atoms with van der Waals surface area (Å²) in [6.45, 7) is 0.987. The Bertz CT molecular complexity index is 1100. The van der Waals surface area contributed by atoms with E-state index in [2.05, 4.69) is 10.6 Å². The number of hydrogen-bond acceptors (Lipinski definition) is 5. The number of anilines is 1. The van der Waals surface area contributed by atoms with Gasteiger partial charge < -0.3 is 20.5 Å². The number of methoxy groups -OCH3 is 1. The van der Waals surface area contributed by atoms with Crippen LogP contribution in [0.25, 0.3) is 0 Å². The summed E-state index contributed by atoms with van der Waals surface area (Å²) in [5.41, 5.74) is 1.01. The minimum Gasteiger partial charge on any atom is -0.495 e. The van der Waals surface area contributed by atoms with E-state index in [-0.39, 0.29) is 16.4 Å². The molecule has 0 radical (unpaired) electrons. The number of carboxylic acids is 1. The standard InChI is InChI=1S/C21H24ClN3O5S2/c1-30-19-8-7-16(32(28,29)25-9-2-3-10-25)12-18(19)24-21(31)23-17(13-20(26)27)14-5-4-6-15(22)11-14/h4-8,11-12,17H,2-3,9-10,13H2,1H3,(H,26,27)(H2,23,24,31)/t17-/m1/s1. The molecule has 2 aromatic carbocycles. The Hall–Kier alpha value is -2.40. The molecule has 1 aliphatic heterocycles. The summed E-state index contributed by atoms with van der Waals surface area (Å²) in [6.07, 6.45) is 1.44. The minimum absolute atomic E-state index is 0.116. The highest BCUT2D eigenvalue weighted by Crippen LogP contribution is 2.30. The van der Waals surface area contributed by atoms with Crippen LogP contribution in [0.15, 0.2) is 47.4 Å². The molecule has 2 aromatic rings. The summed E-state index contributed by atoms with van der Waals surface area (Å²) in [6, 6.07) is 10.7. The van der Waals surface area contributed by atoms with Crippen LogP contribution in [0.2, 0.25) is 5.02 Å². The third-order valence-electron chi connectivity index (χ3n) is 5.06. The van der Waals surface area contributed by atoms with Gasteiger partial charge in [-0.05, 0) is 61.0 Å². The second kappa shape index (κ2) is 10.5. The van der Waals surface area contributed by atoms with Crippen molar-refractivity contribution in [2.75, 3.05) is 25.5 Å². The molecule has 1 atom stereocenters. The lowest BCUT2D eigenvalue weighted by molar-refractivity contribution is -0.137. The second-order valence-corrected chi connectivity index (χ2v) is 10.1. The van der Waals surface area contributed by atoms with E-state index in [9.17, 15) is 18.3 Å². The van der Waals surface area contributed by atoms with Gasteiger partial charge in [-0.25, -0.2) is 8.42 Å². The first-order chi connectivity index (χ1) is 15.2. The van der Waals surface area contributed by atoms with E-state index < -0.39 is 22.0 Å². The van der Waals surface area contributed by atoms with Gasteiger partial charge in [0.05, 0.1) is 30.2 Å². The van der Waals surface area contributed by atoms with Crippen molar-refractivity contribution in [2.45, 2.75) is 30.2 Å². The van der Waals surface area contributed by atoms with Crippen LogP contribution >= 0.6 is 23.8 Å². The van der Waals surface area contributed by atoms with Crippen molar-refractivity contribution in [3.63, 3.8) is 0 Å². The van der Waals surface area contributed by atoms with Crippen molar-refractivity contribution in [3.8, 4) is 5.75 Å². The SMILES string of the molecule is COc1ccc(S(=O)(=O)N2CCCC2)cc1NC(=S)N[C@H](CC(=O)O)c1cccc(Cl)c1. The van der Waals surface area contributed by atoms with Crippen LogP contribution in [0.1, 0.15) is 30.9 Å². The van der Waals surface area contributed by atoms with Crippen LogP contribution in [0.5, 0.6) is 5.75 Å². The maximum absolute atomic E-state index is 12.9. The third-order valence-corrected chi connectivity index (χ3v) is 7.41. The average molecular weight is 498 g/mol. The molecule has 172 valence electrons. The average Bonchev–Trinajstić information content (AvgIpc) is 3.29. The monoisotopic (exact) mass is 497 g/mol. The highest BCUT2D eigenvalue weighted by molar-refractivity contribution is 7.89. The van der Waals surface area contributed by atoms with E-state index in [4.69, 9.17) is 28.6 Å². The fourth-order valence-corrected chi connectivity index (χ4v) is 5.48. The lowest BCUT2D eigenvalue weighted by Crippen LogP contribution is -2.34. The van der Waals surface area contributed by atoms with Crippen molar-refractivity contribution in [1.82, 2.24) is 9.62 Å². The van der Waals surface area contributed by atoms with E-state index in [1.54, 1.807) is 30.3 Å². The predicted octanol–water partition coefficient (Wildman–Crippen LogP) is 3.64. The number of halogens is 1. The van der Waals surface area contributed by atoms with Gasteiger partial charge in [-0.2, -0.15) is 4.31 Å². The van der Waals surface area contributed by atoms with Gasteiger partial charge in [0.1, 0.15) is 5.75 Å². The van der Waals surface area contributed by atoms with Crippen LogP contribution in [0.3, 0.4) is 0 Å². The Balaban J connectivity index is 1.82. The molecule has 3 rings (SSSR count). The zero-order chi connectivity index (χ0) is 23.3. The summed E-state index contributed by atoms with van der Waals surface area (Å²) in [4.78, 5) is 11.5.